The minimum atomic E-state index is -0.488. The molecule has 5 heteroatoms. The van der Waals surface area contributed by atoms with E-state index in [4.69, 9.17) is 0 Å². The van der Waals surface area contributed by atoms with Gasteiger partial charge in [-0.05, 0) is 80.4 Å². The lowest BCUT2D eigenvalue weighted by atomic mass is 9.52. The third kappa shape index (κ3) is 2.55. The molecule has 4 saturated carbocycles. The summed E-state index contributed by atoms with van der Waals surface area (Å²) >= 11 is 0. The summed E-state index contributed by atoms with van der Waals surface area (Å²) in [5.41, 5.74) is 1.27. The van der Waals surface area contributed by atoms with Crippen LogP contribution >= 0.6 is 0 Å². The third-order valence-electron chi connectivity index (χ3n) is 6.94. The number of aryl methyl sites for hydroxylation is 1. The van der Waals surface area contributed by atoms with Crippen LogP contribution < -0.4 is 10.2 Å². The van der Waals surface area contributed by atoms with Crippen LogP contribution in [0.15, 0.2) is 18.2 Å². The lowest BCUT2D eigenvalue weighted by Crippen LogP contribution is -2.63. The van der Waals surface area contributed by atoms with Gasteiger partial charge in [0.15, 0.2) is 0 Å². The quantitative estimate of drug-likeness (QED) is 0.822. The van der Waals surface area contributed by atoms with Gasteiger partial charge >= 0.3 is 6.03 Å². The van der Waals surface area contributed by atoms with Crippen LogP contribution in [-0.2, 0) is 6.42 Å². The highest BCUT2D eigenvalue weighted by atomic mass is 19.1. The van der Waals surface area contributed by atoms with Crippen molar-refractivity contribution in [2.45, 2.75) is 56.6 Å². The summed E-state index contributed by atoms with van der Waals surface area (Å²) in [6.45, 7) is 0.636. The number of rotatable bonds is 1. The van der Waals surface area contributed by atoms with Gasteiger partial charge < -0.3 is 10.4 Å². The van der Waals surface area contributed by atoms with Gasteiger partial charge in [0.25, 0.3) is 0 Å². The number of benzene rings is 1. The van der Waals surface area contributed by atoms with Crippen molar-refractivity contribution in [3.63, 3.8) is 0 Å². The minimum Gasteiger partial charge on any atom is -0.390 e. The Balaban J connectivity index is 1.36. The number of hydrogen-bond donors (Lipinski definition) is 2. The molecule has 1 aromatic rings. The van der Waals surface area contributed by atoms with Crippen molar-refractivity contribution in [2.24, 2.45) is 17.8 Å². The SMILES string of the molecule is O=C(N[C@H]1C2CC3CC1C[C@](O)(C3)C2)N1CCCc2ccc(F)cc21. The average molecular weight is 344 g/mol. The van der Waals surface area contributed by atoms with Gasteiger partial charge in [0.1, 0.15) is 5.82 Å². The maximum absolute atomic E-state index is 13.7. The molecular formula is C20H25FN2O2. The number of anilines is 1. The smallest absolute Gasteiger partial charge is 0.322 e. The number of urea groups is 1. The Bertz CT molecular complexity index is 706. The first-order chi connectivity index (χ1) is 12.0. The molecule has 134 valence electrons. The van der Waals surface area contributed by atoms with Crippen LogP contribution in [0.25, 0.3) is 0 Å². The fourth-order valence-electron chi connectivity index (χ4n) is 6.20. The van der Waals surface area contributed by atoms with E-state index in [1.807, 2.05) is 0 Å². The fraction of sp³-hybridized carbons (Fsp3) is 0.650. The van der Waals surface area contributed by atoms with E-state index in [1.165, 1.54) is 12.1 Å². The number of nitrogens with one attached hydrogen (secondary N) is 1. The molecule has 2 N–H and O–H groups in total. The normalized spacial score (nSPS) is 38.6. The zero-order valence-electron chi connectivity index (χ0n) is 14.4. The first-order valence-electron chi connectivity index (χ1n) is 9.60. The van der Waals surface area contributed by atoms with Gasteiger partial charge in [0.2, 0.25) is 0 Å². The van der Waals surface area contributed by atoms with Crippen molar-refractivity contribution in [3.8, 4) is 0 Å². The van der Waals surface area contributed by atoms with E-state index >= 15 is 0 Å². The molecule has 0 saturated heterocycles. The zero-order valence-corrected chi connectivity index (χ0v) is 14.4. The molecule has 0 radical (unpaired) electrons. The Labute approximate surface area is 147 Å². The molecule has 25 heavy (non-hydrogen) atoms. The Morgan fingerprint density at radius 2 is 2.00 bits per heavy atom. The van der Waals surface area contributed by atoms with E-state index in [2.05, 4.69) is 5.32 Å². The van der Waals surface area contributed by atoms with Crippen molar-refractivity contribution >= 4 is 11.7 Å². The van der Waals surface area contributed by atoms with Crippen molar-refractivity contribution in [1.29, 1.82) is 0 Å². The highest BCUT2D eigenvalue weighted by molar-refractivity contribution is 5.93. The highest BCUT2D eigenvalue weighted by Crippen LogP contribution is 2.55. The number of hydrogen-bond acceptors (Lipinski definition) is 2. The summed E-state index contributed by atoms with van der Waals surface area (Å²) in [6.07, 6.45) is 6.61. The third-order valence-corrected chi connectivity index (χ3v) is 6.94. The standard InChI is InChI=1S/C20H25FN2O2/c21-16-4-3-13-2-1-5-23(17(13)8-16)19(24)22-18-14-6-12-7-15(18)11-20(25,9-12)10-14/h3-4,8,12,14-15,18,25H,1-2,5-7,9-11H2,(H,22,24)/t12?,14?,15?,18-,20-. The largest absolute Gasteiger partial charge is 0.390 e. The molecule has 6 rings (SSSR count). The second-order valence-electron chi connectivity index (χ2n) is 8.70. The molecule has 1 heterocycles. The Kier molecular flexibility index (Phi) is 3.40. The number of halogens is 1. The monoisotopic (exact) mass is 344 g/mol. The highest BCUT2D eigenvalue weighted by Gasteiger charge is 2.55. The summed E-state index contributed by atoms with van der Waals surface area (Å²) in [6, 6.07) is 4.80. The molecule has 0 aromatic heterocycles. The average Bonchev–Trinajstić information content (AvgIpc) is 2.56. The van der Waals surface area contributed by atoms with E-state index in [-0.39, 0.29) is 17.9 Å². The molecule has 4 bridgehead atoms. The predicted octanol–water partition coefficient (Wildman–Crippen LogP) is 3.23. The maximum Gasteiger partial charge on any atom is 0.322 e. The Hall–Kier alpha value is -1.62. The minimum absolute atomic E-state index is 0.101. The molecule has 2 atom stereocenters. The molecule has 2 unspecified atom stereocenters. The van der Waals surface area contributed by atoms with Crippen molar-refractivity contribution in [1.82, 2.24) is 5.32 Å². The zero-order chi connectivity index (χ0) is 17.2. The Morgan fingerprint density at radius 1 is 1.24 bits per heavy atom. The number of fused-ring (bicyclic) bond motifs is 1. The van der Waals surface area contributed by atoms with Gasteiger partial charge in [-0.1, -0.05) is 6.07 Å². The van der Waals surface area contributed by atoms with Crippen LogP contribution in [0.1, 0.15) is 44.1 Å². The first-order valence-corrected chi connectivity index (χ1v) is 9.60. The van der Waals surface area contributed by atoms with Crippen molar-refractivity contribution in [2.75, 3.05) is 11.4 Å². The van der Waals surface area contributed by atoms with E-state index in [9.17, 15) is 14.3 Å². The summed E-state index contributed by atoms with van der Waals surface area (Å²) in [4.78, 5) is 14.7. The van der Waals surface area contributed by atoms with Gasteiger partial charge in [-0.3, -0.25) is 4.90 Å². The summed E-state index contributed by atoms with van der Waals surface area (Å²) < 4.78 is 13.7. The molecule has 5 aliphatic rings. The predicted molar refractivity (Wildman–Crippen MR) is 92.9 cm³/mol. The van der Waals surface area contributed by atoms with Gasteiger partial charge in [-0.25, -0.2) is 9.18 Å². The van der Waals surface area contributed by atoms with Crippen molar-refractivity contribution < 1.29 is 14.3 Å². The van der Waals surface area contributed by atoms with Gasteiger partial charge in [-0.15, -0.1) is 0 Å². The molecule has 1 aromatic carbocycles. The molecule has 4 fully saturated rings. The number of aliphatic hydroxyl groups is 1. The van der Waals surface area contributed by atoms with E-state index in [0.717, 1.165) is 50.5 Å². The van der Waals surface area contributed by atoms with Gasteiger partial charge in [0, 0.05) is 12.6 Å². The lowest BCUT2D eigenvalue weighted by Gasteiger charge is -2.58. The van der Waals surface area contributed by atoms with E-state index < -0.39 is 5.60 Å². The summed E-state index contributed by atoms with van der Waals surface area (Å²) in [7, 11) is 0. The number of amides is 2. The summed E-state index contributed by atoms with van der Waals surface area (Å²) in [5.74, 6) is 1.10. The maximum atomic E-state index is 13.7. The van der Waals surface area contributed by atoms with Gasteiger partial charge in [-0.2, -0.15) is 0 Å². The van der Waals surface area contributed by atoms with Gasteiger partial charge in [0.05, 0.1) is 11.3 Å². The second-order valence-corrected chi connectivity index (χ2v) is 8.70. The van der Waals surface area contributed by atoms with Crippen molar-refractivity contribution in [3.05, 3.63) is 29.6 Å². The number of carbonyl (C=O) groups excluding carboxylic acids is 1. The summed E-state index contributed by atoms with van der Waals surface area (Å²) in [5, 5.41) is 14.0. The van der Waals surface area contributed by atoms with Crippen LogP contribution in [0.3, 0.4) is 0 Å². The van der Waals surface area contributed by atoms with Crippen LogP contribution in [0, 0.1) is 23.6 Å². The molecule has 2 amide bonds. The van der Waals surface area contributed by atoms with Crippen LogP contribution in [-0.4, -0.2) is 29.3 Å². The number of carbonyl (C=O) groups is 1. The number of nitrogens with zero attached hydrogens (tertiary/aromatic N) is 1. The van der Waals surface area contributed by atoms with E-state index in [0.29, 0.717) is 30.0 Å². The van der Waals surface area contributed by atoms with Crippen LogP contribution in [0.2, 0.25) is 0 Å². The lowest BCUT2D eigenvalue weighted by molar-refractivity contribution is -0.136. The molecule has 4 nitrogen and oxygen atoms in total. The van der Waals surface area contributed by atoms with E-state index in [1.54, 1.807) is 11.0 Å². The molecule has 4 aliphatic carbocycles. The second kappa shape index (κ2) is 5.44. The fourth-order valence-corrected chi connectivity index (χ4v) is 6.20. The molecule has 0 spiro atoms. The topological polar surface area (TPSA) is 52.6 Å². The van der Waals surface area contributed by atoms with Crippen LogP contribution in [0.5, 0.6) is 0 Å². The van der Waals surface area contributed by atoms with Crippen LogP contribution in [0.4, 0.5) is 14.9 Å². The first kappa shape index (κ1) is 15.6. The molecule has 1 aliphatic heterocycles. The Morgan fingerprint density at radius 3 is 2.72 bits per heavy atom. The molecular weight excluding hydrogens is 319 g/mol.